The molecule has 10 N–H and O–H groups in total. The minimum atomic E-state index is -5.05. The van der Waals surface area contributed by atoms with E-state index in [0.29, 0.717) is 29.5 Å². The Balaban J connectivity index is 2.52. The molecule has 2 aromatic rings. The van der Waals surface area contributed by atoms with Gasteiger partial charge in [0.05, 0.1) is 25.3 Å². The van der Waals surface area contributed by atoms with E-state index in [4.69, 9.17) is 5.11 Å². The molecule has 21 nitrogen and oxygen atoms in total. The number of aryl methyl sites for hydroxylation is 1. The average Bonchev–Trinajstić information content (AvgIpc) is 3.29. The van der Waals surface area contributed by atoms with Gasteiger partial charge in [-0.25, -0.2) is 0 Å². The van der Waals surface area contributed by atoms with E-state index in [-0.39, 0.29) is 12.8 Å². The van der Waals surface area contributed by atoms with Crippen molar-refractivity contribution < 1.29 is 81.2 Å². The van der Waals surface area contributed by atoms with Crippen molar-refractivity contribution in [3.05, 3.63) is 71.3 Å². The molecule has 0 unspecified atom stereocenters. The first-order valence-electron chi connectivity index (χ1n) is 23.9. The Kier molecular flexibility index (Phi) is 24.9. The fraction of sp³-hybridized carbons (Fsp3) is 0.540. The fourth-order valence-corrected chi connectivity index (χ4v) is 7.49. The summed E-state index contributed by atoms with van der Waals surface area (Å²) < 4.78 is 41.9. The lowest BCUT2D eigenvalue weighted by Gasteiger charge is -2.34. The Morgan fingerprint density at radius 3 is 1.64 bits per heavy atom. The van der Waals surface area contributed by atoms with Gasteiger partial charge in [0, 0.05) is 19.3 Å². The summed E-state index contributed by atoms with van der Waals surface area (Å²) in [4.78, 5) is 144. The zero-order valence-corrected chi connectivity index (χ0v) is 42.4. The van der Waals surface area contributed by atoms with Crippen LogP contribution in [0.25, 0.3) is 0 Å². The number of carbonyl (C=O) groups excluding carboxylic acids is 8. The Morgan fingerprint density at radius 1 is 0.568 bits per heavy atom. The number of carboxylic acids is 3. The summed E-state index contributed by atoms with van der Waals surface area (Å²) >= 11 is 0. The van der Waals surface area contributed by atoms with E-state index in [1.807, 2.05) is 5.32 Å². The first kappa shape index (κ1) is 62.7. The first-order chi connectivity index (χ1) is 34.4. The highest BCUT2D eigenvalue weighted by molar-refractivity contribution is 6.38. The number of benzene rings is 2. The number of carbonyl (C=O) groups is 11. The van der Waals surface area contributed by atoms with Crippen LogP contribution in [-0.2, 0) is 59.2 Å². The largest absolute Gasteiger partial charge is 0.481 e. The second-order valence-corrected chi connectivity index (χ2v) is 19.3. The van der Waals surface area contributed by atoms with Crippen LogP contribution in [0.3, 0.4) is 0 Å². The van der Waals surface area contributed by atoms with Gasteiger partial charge in [-0.1, -0.05) is 103 Å². The van der Waals surface area contributed by atoms with Crippen molar-refractivity contribution in [1.82, 2.24) is 37.2 Å². The number of nitrogens with one attached hydrogen (secondary N) is 7. The molecule has 0 aliphatic carbocycles. The maximum absolute atomic E-state index is 14.4. The highest BCUT2D eigenvalue weighted by Crippen LogP contribution is 2.25. The van der Waals surface area contributed by atoms with Crippen molar-refractivity contribution >= 4 is 65.0 Å². The number of amides is 7. The zero-order valence-electron chi connectivity index (χ0n) is 42.4. The van der Waals surface area contributed by atoms with Crippen LogP contribution in [0.1, 0.15) is 122 Å². The molecule has 7 atom stereocenters. The molecule has 0 aliphatic heterocycles. The van der Waals surface area contributed by atoms with E-state index in [1.54, 1.807) is 82.3 Å². The topological polar surface area (TPSA) is 333 Å². The van der Waals surface area contributed by atoms with E-state index >= 15 is 0 Å². The number of carboxylic acid groups (broad SMARTS) is 3. The number of hydrogen-bond acceptors (Lipinski definition) is 11. The third-order valence-corrected chi connectivity index (χ3v) is 11.3. The van der Waals surface area contributed by atoms with Gasteiger partial charge in [-0.2, -0.15) is 13.2 Å². The Bertz CT molecular complexity index is 2320. The number of rotatable bonds is 30. The quantitative estimate of drug-likeness (QED) is 0.0504. The van der Waals surface area contributed by atoms with Crippen LogP contribution in [0.15, 0.2) is 54.6 Å². The third-order valence-electron chi connectivity index (χ3n) is 11.3. The normalized spacial score (nSPS) is 14.3. The van der Waals surface area contributed by atoms with Crippen LogP contribution in [0.5, 0.6) is 0 Å². The lowest BCUT2D eigenvalue weighted by atomic mass is 9.85. The number of hydrogen-bond donors (Lipinski definition) is 10. The van der Waals surface area contributed by atoms with E-state index < -0.39 is 163 Å². The van der Waals surface area contributed by atoms with Gasteiger partial charge in [0.2, 0.25) is 41.2 Å². The summed E-state index contributed by atoms with van der Waals surface area (Å²) in [5.41, 5.74) is 0.495. The third kappa shape index (κ3) is 22.6. The maximum atomic E-state index is 14.4. The predicted octanol–water partition coefficient (Wildman–Crippen LogP) is 2.92. The molecule has 7 amide bonds. The number of aliphatic carboxylic acids is 3. The lowest BCUT2D eigenvalue weighted by Crippen LogP contribution is -2.62. The Labute approximate surface area is 426 Å². The van der Waals surface area contributed by atoms with Crippen molar-refractivity contribution in [3.63, 3.8) is 0 Å². The molecular weight excluding hydrogens is 980 g/mol. The molecular formula is C50H68F3N7O14. The fourth-order valence-electron chi connectivity index (χ4n) is 7.49. The molecule has 0 saturated heterocycles. The molecule has 2 rings (SSSR count). The average molecular weight is 1050 g/mol. The van der Waals surface area contributed by atoms with E-state index in [9.17, 15) is 76.1 Å². The number of Topliss-reactive ketones (excluding diaryl/α,β-unsaturated/α-hetero) is 1. The van der Waals surface area contributed by atoms with Crippen molar-refractivity contribution in [2.75, 3.05) is 0 Å². The zero-order chi connectivity index (χ0) is 56.1. The first-order valence-corrected chi connectivity index (χ1v) is 23.9. The van der Waals surface area contributed by atoms with Crippen LogP contribution in [0.2, 0.25) is 0 Å². The molecule has 74 heavy (non-hydrogen) atoms. The second kappa shape index (κ2) is 29.3. The monoisotopic (exact) mass is 1050 g/mol. The SMILES string of the molecule is CCC[C@@H](NC(=O)C(=O)[C@H](CC(F)(F)F)NC(=O)[C@H](CC(C)C)NC(=O)[C@@H](NC(=O)[C@H](Cc1ccccc1C)NC(=O)[C@H](CCC(=O)O)NC(=O)[C@H](CC(=O)O)NC(=O)CCC(=O)O)C(C)(C)C)c1ccccc1. The molecule has 0 spiro atoms. The Hall–Kier alpha value is -7.40. The van der Waals surface area contributed by atoms with Crippen LogP contribution in [0.4, 0.5) is 13.2 Å². The molecule has 408 valence electrons. The van der Waals surface area contributed by atoms with Crippen LogP contribution in [0, 0.1) is 18.3 Å². The molecule has 0 heterocycles. The minimum Gasteiger partial charge on any atom is -0.481 e. The summed E-state index contributed by atoms with van der Waals surface area (Å²) in [5.74, 6) is -14.5. The van der Waals surface area contributed by atoms with Gasteiger partial charge >= 0.3 is 24.1 Å². The highest BCUT2D eigenvalue weighted by atomic mass is 19.4. The van der Waals surface area contributed by atoms with Crippen molar-refractivity contribution in [3.8, 4) is 0 Å². The van der Waals surface area contributed by atoms with Crippen molar-refractivity contribution in [2.24, 2.45) is 11.3 Å². The van der Waals surface area contributed by atoms with Crippen LogP contribution >= 0.6 is 0 Å². The molecule has 0 radical (unpaired) electrons. The molecule has 0 fully saturated rings. The molecule has 2 aromatic carbocycles. The van der Waals surface area contributed by atoms with Gasteiger partial charge in [-0.15, -0.1) is 0 Å². The molecule has 0 saturated carbocycles. The predicted molar refractivity (Wildman–Crippen MR) is 259 cm³/mol. The van der Waals surface area contributed by atoms with Gasteiger partial charge in [0.25, 0.3) is 5.91 Å². The van der Waals surface area contributed by atoms with Gasteiger partial charge in [-0.3, -0.25) is 52.7 Å². The summed E-state index contributed by atoms with van der Waals surface area (Å²) in [7, 11) is 0. The van der Waals surface area contributed by atoms with E-state index in [2.05, 4.69) is 31.9 Å². The molecule has 0 aromatic heterocycles. The highest BCUT2D eigenvalue weighted by Gasteiger charge is 2.42. The molecule has 0 aliphatic rings. The van der Waals surface area contributed by atoms with Crippen molar-refractivity contribution in [2.45, 2.75) is 161 Å². The maximum Gasteiger partial charge on any atom is 0.391 e. The standard InChI is InChI=1S/C50H68F3N7O14/c1-8-14-31(29-16-10-9-11-17-29)55-47(73)41(68)36(26-50(51,52)53)59-44(70)33(23-27(2)3)58-48(74)42(49(5,6)7)60-46(72)34(24-30-18-13-12-15-28(30)4)57-43(69)32(19-21-38(62)63)56-45(71)35(25-40(66)67)54-37(61)20-22-39(64)65/h9-13,15-18,27,31-36,42H,8,14,19-26H2,1-7H3,(H,54,61)(H,55,73)(H,56,71)(H,57,69)(H,58,74)(H,59,70)(H,60,72)(H,62,63)(H,64,65)(H,66,67)/t31-,32+,33+,34+,35+,36+,42-/m1/s1. The summed E-state index contributed by atoms with van der Waals surface area (Å²) in [6.07, 6.45) is -10.3. The molecule has 0 bridgehead atoms. The number of alkyl halides is 3. The number of ketones is 1. The van der Waals surface area contributed by atoms with Gasteiger partial charge in [-0.05, 0) is 54.2 Å². The summed E-state index contributed by atoms with van der Waals surface area (Å²) in [6, 6.07) is 3.36. The van der Waals surface area contributed by atoms with Gasteiger partial charge < -0.3 is 52.5 Å². The second-order valence-electron chi connectivity index (χ2n) is 19.3. The van der Waals surface area contributed by atoms with E-state index in [1.165, 1.54) is 20.8 Å². The van der Waals surface area contributed by atoms with Gasteiger partial charge in [0.1, 0.15) is 36.3 Å². The van der Waals surface area contributed by atoms with Crippen molar-refractivity contribution in [1.29, 1.82) is 0 Å². The minimum absolute atomic E-state index is 0.206. The van der Waals surface area contributed by atoms with E-state index in [0.717, 1.165) is 0 Å². The van der Waals surface area contributed by atoms with Crippen LogP contribution in [-0.4, -0.2) is 123 Å². The number of halogens is 3. The van der Waals surface area contributed by atoms with Gasteiger partial charge in [0.15, 0.2) is 0 Å². The molecule has 24 heteroatoms. The Morgan fingerprint density at radius 2 is 1.09 bits per heavy atom. The lowest BCUT2D eigenvalue weighted by molar-refractivity contribution is -0.154. The van der Waals surface area contributed by atoms with Crippen LogP contribution < -0.4 is 37.2 Å². The summed E-state index contributed by atoms with van der Waals surface area (Å²) in [6.45, 7) is 11.3. The smallest absolute Gasteiger partial charge is 0.391 e. The summed E-state index contributed by atoms with van der Waals surface area (Å²) in [5, 5.41) is 44.2.